The second kappa shape index (κ2) is 8.26. The SMILES string of the molecule is CCC1c2nc3ccc(C#Cc4ncns4)cc3n2-c2c(OC(F)F)cccc2C(=O)N1C. The highest BCUT2D eigenvalue weighted by Crippen LogP contribution is 2.40. The van der Waals surface area contributed by atoms with Gasteiger partial charge in [-0.15, -0.1) is 0 Å². The van der Waals surface area contributed by atoms with Crippen LogP contribution in [0.5, 0.6) is 5.75 Å². The van der Waals surface area contributed by atoms with Crippen molar-refractivity contribution in [2.24, 2.45) is 0 Å². The molecule has 0 spiro atoms. The molecule has 10 heteroatoms. The quantitative estimate of drug-likeness (QED) is 0.419. The summed E-state index contributed by atoms with van der Waals surface area (Å²) in [7, 11) is 1.69. The highest BCUT2D eigenvalue weighted by molar-refractivity contribution is 7.05. The Bertz CT molecular complexity index is 1420. The summed E-state index contributed by atoms with van der Waals surface area (Å²) < 4.78 is 37.0. The van der Waals surface area contributed by atoms with Crippen molar-refractivity contribution in [2.75, 3.05) is 7.05 Å². The minimum atomic E-state index is -3.04. The Morgan fingerprint density at radius 1 is 1.24 bits per heavy atom. The number of alkyl halides is 2. The lowest BCUT2D eigenvalue weighted by Gasteiger charge is -2.24. The van der Waals surface area contributed by atoms with E-state index in [1.54, 1.807) is 22.6 Å². The number of hydrogen-bond donors (Lipinski definition) is 0. The fourth-order valence-corrected chi connectivity index (χ4v) is 4.45. The molecule has 5 rings (SSSR count). The summed E-state index contributed by atoms with van der Waals surface area (Å²) in [5, 5.41) is 0.582. The molecule has 166 valence electrons. The van der Waals surface area contributed by atoms with Crippen LogP contribution in [0.2, 0.25) is 0 Å². The van der Waals surface area contributed by atoms with Crippen LogP contribution in [-0.4, -0.2) is 43.4 Å². The molecule has 0 bridgehead atoms. The lowest BCUT2D eigenvalue weighted by Crippen LogP contribution is -2.30. The largest absolute Gasteiger partial charge is 0.433 e. The third kappa shape index (κ3) is 3.60. The normalized spacial score (nSPS) is 15.1. The average Bonchev–Trinajstić information content (AvgIpc) is 3.43. The molecule has 2 aromatic carbocycles. The van der Waals surface area contributed by atoms with E-state index < -0.39 is 6.61 Å². The van der Waals surface area contributed by atoms with Crippen LogP contribution in [-0.2, 0) is 0 Å². The molecule has 1 aliphatic heterocycles. The van der Waals surface area contributed by atoms with Crippen molar-refractivity contribution >= 4 is 28.5 Å². The van der Waals surface area contributed by atoms with E-state index in [1.165, 1.54) is 30.0 Å². The molecular weight excluding hydrogens is 448 g/mol. The molecule has 0 saturated carbocycles. The van der Waals surface area contributed by atoms with E-state index in [0.717, 1.165) is 0 Å². The molecule has 0 aliphatic carbocycles. The van der Waals surface area contributed by atoms with Gasteiger partial charge in [0.05, 0.1) is 22.6 Å². The second-order valence-electron chi connectivity index (χ2n) is 7.38. The molecule has 1 amide bonds. The number of nitrogens with zero attached hydrogens (tertiary/aromatic N) is 5. The second-order valence-corrected chi connectivity index (χ2v) is 8.16. The highest BCUT2D eigenvalue weighted by Gasteiger charge is 2.35. The Balaban J connectivity index is 1.80. The maximum Gasteiger partial charge on any atom is 0.387 e. The third-order valence-corrected chi connectivity index (χ3v) is 6.08. The molecule has 1 atom stereocenters. The topological polar surface area (TPSA) is 73.1 Å². The number of benzene rings is 2. The zero-order valence-corrected chi connectivity index (χ0v) is 18.4. The number of carbonyl (C=O) groups is 1. The summed E-state index contributed by atoms with van der Waals surface area (Å²) in [4.78, 5) is 23.7. The molecule has 7 nitrogen and oxygen atoms in total. The van der Waals surface area contributed by atoms with Crippen molar-refractivity contribution < 1.29 is 18.3 Å². The first-order chi connectivity index (χ1) is 16.0. The van der Waals surface area contributed by atoms with Gasteiger partial charge < -0.3 is 9.64 Å². The number of amides is 1. The van der Waals surface area contributed by atoms with Gasteiger partial charge in [0.1, 0.15) is 17.8 Å². The number of carbonyl (C=O) groups excluding carboxylic acids is 1. The van der Waals surface area contributed by atoms with Crippen LogP contribution in [0, 0.1) is 11.8 Å². The zero-order valence-electron chi connectivity index (χ0n) is 17.6. The molecule has 33 heavy (non-hydrogen) atoms. The number of halogens is 2. The van der Waals surface area contributed by atoms with Gasteiger partial charge in [-0.25, -0.2) is 9.97 Å². The number of imidazole rings is 1. The van der Waals surface area contributed by atoms with Gasteiger partial charge in [-0.2, -0.15) is 13.2 Å². The van der Waals surface area contributed by atoms with Crippen molar-refractivity contribution in [3.63, 3.8) is 0 Å². The lowest BCUT2D eigenvalue weighted by atomic mass is 10.1. The average molecular weight is 465 g/mol. The van der Waals surface area contributed by atoms with Gasteiger partial charge in [-0.3, -0.25) is 9.36 Å². The van der Waals surface area contributed by atoms with Crippen LogP contribution < -0.4 is 4.74 Å². The summed E-state index contributed by atoms with van der Waals surface area (Å²) in [5.74, 6) is 6.20. The Morgan fingerprint density at radius 3 is 2.82 bits per heavy atom. The molecule has 0 saturated heterocycles. The molecule has 2 aromatic heterocycles. The van der Waals surface area contributed by atoms with Gasteiger partial charge in [-0.05, 0) is 54.2 Å². The highest BCUT2D eigenvalue weighted by atomic mass is 32.1. The predicted molar refractivity (Wildman–Crippen MR) is 119 cm³/mol. The van der Waals surface area contributed by atoms with E-state index in [0.29, 0.717) is 33.8 Å². The van der Waals surface area contributed by atoms with Crippen molar-refractivity contribution in [2.45, 2.75) is 26.0 Å². The maximum atomic E-state index is 13.3. The summed E-state index contributed by atoms with van der Waals surface area (Å²) in [6.07, 6.45) is 2.03. The summed E-state index contributed by atoms with van der Waals surface area (Å²) in [6.45, 7) is -1.09. The number of rotatable bonds is 3. The van der Waals surface area contributed by atoms with Gasteiger partial charge in [-0.1, -0.05) is 18.9 Å². The van der Waals surface area contributed by atoms with Gasteiger partial charge in [0.2, 0.25) is 0 Å². The summed E-state index contributed by atoms with van der Waals surface area (Å²) >= 11 is 1.19. The predicted octanol–water partition coefficient (Wildman–Crippen LogP) is 4.41. The third-order valence-electron chi connectivity index (χ3n) is 5.50. The van der Waals surface area contributed by atoms with E-state index in [4.69, 9.17) is 9.72 Å². The van der Waals surface area contributed by atoms with Crippen molar-refractivity contribution in [3.8, 4) is 23.3 Å². The Hall–Kier alpha value is -3.84. The van der Waals surface area contributed by atoms with Crippen molar-refractivity contribution in [1.82, 2.24) is 23.8 Å². The number of ether oxygens (including phenoxy) is 1. The minimum absolute atomic E-state index is 0.0908. The smallest absolute Gasteiger partial charge is 0.387 e. The van der Waals surface area contributed by atoms with Gasteiger partial charge in [0, 0.05) is 12.6 Å². The minimum Gasteiger partial charge on any atom is -0.433 e. The van der Waals surface area contributed by atoms with Gasteiger partial charge in [0.15, 0.2) is 10.8 Å². The molecule has 0 N–H and O–H groups in total. The van der Waals surface area contributed by atoms with Gasteiger partial charge >= 0.3 is 6.61 Å². The molecule has 1 unspecified atom stereocenters. The van der Waals surface area contributed by atoms with Crippen LogP contribution in [0.25, 0.3) is 16.7 Å². The Labute approximate surface area is 191 Å². The van der Waals surface area contributed by atoms with E-state index >= 15 is 0 Å². The van der Waals surface area contributed by atoms with Crippen molar-refractivity contribution in [1.29, 1.82) is 0 Å². The number of fused-ring (bicyclic) bond motifs is 5. The summed E-state index contributed by atoms with van der Waals surface area (Å²) in [5.41, 5.74) is 2.49. The first-order valence-electron chi connectivity index (χ1n) is 10.1. The van der Waals surface area contributed by atoms with Crippen LogP contribution in [0.15, 0.2) is 42.7 Å². The van der Waals surface area contributed by atoms with E-state index in [2.05, 4.69) is 21.2 Å². The van der Waals surface area contributed by atoms with E-state index in [9.17, 15) is 13.6 Å². The number of hydrogen-bond acceptors (Lipinski definition) is 6. The number of para-hydroxylation sites is 1. The fourth-order valence-electron chi connectivity index (χ4n) is 4.06. The van der Waals surface area contributed by atoms with E-state index in [1.807, 2.05) is 25.1 Å². The first kappa shape index (κ1) is 21.0. The van der Waals surface area contributed by atoms with Crippen LogP contribution in [0.1, 0.15) is 46.1 Å². The fraction of sp³-hybridized carbons (Fsp3) is 0.217. The Morgan fingerprint density at radius 2 is 2.09 bits per heavy atom. The molecular formula is C23H17F2N5O2S. The molecule has 0 radical (unpaired) electrons. The van der Waals surface area contributed by atoms with Crippen LogP contribution in [0.3, 0.4) is 0 Å². The molecule has 3 heterocycles. The Kier molecular flexibility index (Phi) is 5.26. The van der Waals surface area contributed by atoms with E-state index in [-0.39, 0.29) is 28.9 Å². The maximum absolute atomic E-state index is 13.3. The summed E-state index contributed by atoms with van der Waals surface area (Å²) in [6, 6.07) is 9.71. The van der Waals surface area contributed by atoms with Crippen LogP contribution >= 0.6 is 11.5 Å². The lowest BCUT2D eigenvalue weighted by molar-refractivity contribution is -0.0498. The van der Waals surface area contributed by atoms with Gasteiger partial charge in [0.25, 0.3) is 5.91 Å². The van der Waals surface area contributed by atoms with Crippen LogP contribution in [0.4, 0.5) is 8.78 Å². The molecule has 4 aromatic rings. The van der Waals surface area contributed by atoms with Crippen molar-refractivity contribution in [3.05, 3.63) is 64.7 Å². The zero-order chi connectivity index (χ0) is 23.1. The molecule has 0 fully saturated rings. The number of aromatic nitrogens is 4. The monoisotopic (exact) mass is 465 g/mol. The molecule has 1 aliphatic rings. The first-order valence-corrected chi connectivity index (χ1v) is 10.9. The standard InChI is InChI=1S/C23H17F2N5O2S/c1-3-16-21-28-15-9-7-13(8-10-19-26-12-27-33-19)11-17(15)30(21)20-14(22(31)29(16)2)5-4-6-18(20)32-23(24)25/h4-7,9,11-12,16,23H,3H2,1-2H3.